The summed E-state index contributed by atoms with van der Waals surface area (Å²) in [7, 11) is 0. The van der Waals surface area contributed by atoms with Crippen LogP contribution >= 0.6 is 0 Å². The Kier molecular flexibility index (Phi) is 7.89. The van der Waals surface area contributed by atoms with Crippen molar-refractivity contribution < 1.29 is 10.2 Å². The minimum absolute atomic E-state index is 0.0161. The first-order valence-corrected chi connectivity index (χ1v) is 7.81. The van der Waals surface area contributed by atoms with Crippen LogP contribution in [0, 0.1) is 5.41 Å². The number of nitrogens with one attached hydrogen (secondary N) is 1. The standard InChI is InChI=1S/C17H30N2O2/c1-4-19(5-2)16(15-9-7-6-8-10-15)11-18-12-17(3,13-20)14-21/h6-10,16,18,20-21H,4-5,11-14H2,1-3H3. The summed E-state index contributed by atoms with van der Waals surface area (Å²) in [5.41, 5.74) is 0.827. The van der Waals surface area contributed by atoms with Crippen molar-refractivity contribution in [3.05, 3.63) is 35.9 Å². The molecule has 0 saturated carbocycles. The Balaban J connectivity index is 2.71. The summed E-state index contributed by atoms with van der Waals surface area (Å²) < 4.78 is 0. The van der Waals surface area contributed by atoms with Gasteiger partial charge in [-0.3, -0.25) is 4.90 Å². The highest BCUT2D eigenvalue weighted by molar-refractivity contribution is 5.19. The van der Waals surface area contributed by atoms with Crippen LogP contribution in [0.25, 0.3) is 0 Å². The molecule has 1 aromatic carbocycles. The van der Waals surface area contributed by atoms with E-state index in [9.17, 15) is 10.2 Å². The Morgan fingerprint density at radius 1 is 1.10 bits per heavy atom. The van der Waals surface area contributed by atoms with Gasteiger partial charge in [-0.05, 0) is 18.7 Å². The van der Waals surface area contributed by atoms with Crippen LogP contribution in [0.5, 0.6) is 0 Å². The van der Waals surface area contributed by atoms with Crippen molar-refractivity contribution in [3.8, 4) is 0 Å². The zero-order valence-electron chi connectivity index (χ0n) is 13.5. The fraction of sp³-hybridized carbons (Fsp3) is 0.647. The van der Waals surface area contributed by atoms with E-state index in [0.717, 1.165) is 19.6 Å². The van der Waals surface area contributed by atoms with Gasteiger partial charge in [0.25, 0.3) is 0 Å². The predicted octanol–water partition coefficient (Wildman–Crippen LogP) is 1.65. The Morgan fingerprint density at radius 2 is 1.67 bits per heavy atom. The van der Waals surface area contributed by atoms with Crippen molar-refractivity contribution in [3.63, 3.8) is 0 Å². The van der Waals surface area contributed by atoms with Crippen LogP contribution in [-0.4, -0.2) is 54.5 Å². The molecule has 0 saturated heterocycles. The molecular weight excluding hydrogens is 264 g/mol. The maximum atomic E-state index is 9.36. The first kappa shape index (κ1) is 18.1. The van der Waals surface area contributed by atoms with E-state index in [2.05, 4.69) is 48.3 Å². The predicted molar refractivity (Wildman–Crippen MR) is 87.3 cm³/mol. The molecule has 4 heteroatoms. The van der Waals surface area contributed by atoms with Crippen molar-refractivity contribution in [2.45, 2.75) is 26.8 Å². The van der Waals surface area contributed by atoms with Crippen LogP contribution in [-0.2, 0) is 0 Å². The number of hydrogen-bond acceptors (Lipinski definition) is 4. The highest BCUT2D eigenvalue weighted by Crippen LogP contribution is 2.20. The van der Waals surface area contributed by atoms with Gasteiger partial charge in [0, 0.05) is 24.5 Å². The molecular formula is C17H30N2O2. The van der Waals surface area contributed by atoms with Crippen LogP contribution < -0.4 is 5.32 Å². The van der Waals surface area contributed by atoms with Crippen LogP contribution in [0.15, 0.2) is 30.3 Å². The average Bonchev–Trinajstić information content (AvgIpc) is 2.55. The molecule has 21 heavy (non-hydrogen) atoms. The molecule has 0 aliphatic heterocycles. The number of aliphatic hydroxyl groups is 2. The summed E-state index contributed by atoms with van der Waals surface area (Å²) in [5, 5.41) is 22.1. The zero-order valence-corrected chi connectivity index (χ0v) is 13.5. The lowest BCUT2D eigenvalue weighted by Gasteiger charge is -2.32. The molecule has 0 radical (unpaired) electrons. The topological polar surface area (TPSA) is 55.7 Å². The van der Waals surface area contributed by atoms with Gasteiger partial charge in [0.2, 0.25) is 0 Å². The fourth-order valence-corrected chi connectivity index (χ4v) is 2.47. The smallest absolute Gasteiger partial charge is 0.0518 e. The number of likely N-dealkylation sites (N-methyl/N-ethyl adjacent to an activating group) is 1. The quantitative estimate of drug-likeness (QED) is 0.614. The zero-order chi connectivity index (χ0) is 15.7. The maximum Gasteiger partial charge on any atom is 0.0518 e. The number of benzene rings is 1. The SMILES string of the molecule is CCN(CC)C(CNCC(C)(CO)CO)c1ccccc1. The van der Waals surface area contributed by atoms with Gasteiger partial charge in [-0.15, -0.1) is 0 Å². The van der Waals surface area contributed by atoms with Gasteiger partial charge in [0.1, 0.15) is 0 Å². The van der Waals surface area contributed by atoms with Gasteiger partial charge in [0.05, 0.1) is 13.2 Å². The second kappa shape index (κ2) is 9.15. The second-order valence-electron chi connectivity index (χ2n) is 5.91. The van der Waals surface area contributed by atoms with E-state index in [4.69, 9.17) is 0 Å². The Morgan fingerprint density at radius 3 is 2.14 bits per heavy atom. The van der Waals surface area contributed by atoms with Crippen LogP contribution in [0.4, 0.5) is 0 Å². The molecule has 1 aromatic rings. The third kappa shape index (κ3) is 5.40. The first-order chi connectivity index (χ1) is 10.1. The van der Waals surface area contributed by atoms with Gasteiger partial charge in [-0.2, -0.15) is 0 Å². The highest BCUT2D eigenvalue weighted by Gasteiger charge is 2.23. The minimum Gasteiger partial charge on any atom is -0.396 e. The Hall–Kier alpha value is -0.940. The van der Waals surface area contributed by atoms with E-state index in [1.807, 2.05) is 13.0 Å². The molecule has 1 unspecified atom stereocenters. The monoisotopic (exact) mass is 294 g/mol. The van der Waals surface area contributed by atoms with Crippen molar-refractivity contribution in [2.75, 3.05) is 39.4 Å². The van der Waals surface area contributed by atoms with E-state index in [-0.39, 0.29) is 13.2 Å². The van der Waals surface area contributed by atoms with Crippen LogP contribution in [0.1, 0.15) is 32.4 Å². The van der Waals surface area contributed by atoms with E-state index in [1.165, 1.54) is 5.56 Å². The van der Waals surface area contributed by atoms with E-state index in [0.29, 0.717) is 12.6 Å². The molecule has 0 fully saturated rings. The number of nitrogens with zero attached hydrogens (tertiary/aromatic N) is 1. The normalized spacial score (nSPS) is 13.6. The molecule has 0 spiro atoms. The van der Waals surface area contributed by atoms with Crippen molar-refractivity contribution in [2.24, 2.45) is 5.41 Å². The van der Waals surface area contributed by atoms with Crippen LogP contribution in [0.2, 0.25) is 0 Å². The fourth-order valence-electron chi connectivity index (χ4n) is 2.47. The number of rotatable bonds is 10. The lowest BCUT2D eigenvalue weighted by molar-refractivity contribution is 0.0675. The molecule has 0 heterocycles. The second-order valence-corrected chi connectivity index (χ2v) is 5.91. The molecule has 0 aliphatic rings. The van der Waals surface area contributed by atoms with Crippen LogP contribution in [0.3, 0.4) is 0 Å². The molecule has 1 atom stereocenters. The molecule has 0 bridgehead atoms. The molecule has 120 valence electrons. The summed E-state index contributed by atoms with van der Waals surface area (Å²) >= 11 is 0. The summed E-state index contributed by atoms with van der Waals surface area (Å²) in [4.78, 5) is 2.41. The van der Waals surface area contributed by atoms with Crippen molar-refractivity contribution >= 4 is 0 Å². The first-order valence-electron chi connectivity index (χ1n) is 7.81. The Bertz CT molecular complexity index is 376. The van der Waals surface area contributed by atoms with Gasteiger partial charge in [-0.25, -0.2) is 0 Å². The van der Waals surface area contributed by atoms with Crippen molar-refractivity contribution in [1.82, 2.24) is 10.2 Å². The summed E-state index contributed by atoms with van der Waals surface area (Å²) in [5.74, 6) is 0. The molecule has 4 nitrogen and oxygen atoms in total. The van der Waals surface area contributed by atoms with E-state index < -0.39 is 5.41 Å². The van der Waals surface area contributed by atoms with Gasteiger partial charge in [-0.1, -0.05) is 51.1 Å². The van der Waals surface area contributed by atoms with Crippen molar-refractivity contribution in [1.29, 1.82) is 0 Å². The molecule has 1 rings (SSSR count). The lowest BCUT2D eigenvalue weighted by atomic mass is 9.93. The number of hydrogen-bond donors (Lipinski definition) is 3. The van der Waals surface area contributed by atoms with E-state index in [1.54, 1.807) is 0 Å². The average molecular weight is 294 g/mol. The van der Waals surface area contributed by atoms with Gasteiger partial charge < -0.3 is 15.5 Å². The minimum atomic E-state index is -0.468. The molecule has 0 aromatic heterocycles. The Labute approximate surface area is 128 Å². The highest BCUT2D eigenvalue weighted by atomic mass is 16.3. The summed E-state index contributed by atoms with van der Waals surface area (Å²) in [6, 6.07) is 10.8. The largest absolute Gasteiger partial charge is 0.396 e. The molecule has 3 N–H and O–H groups in total. The molecule has 0 aliphatic carbocycles. The third-order valence-corrected chi connectivity index (χ3v) is 4.09. The summed E-state index contributed by atoms with van der Waals surface area (Å²) in [6.07, 6.45) is 0. The summed E-state index contributed by atoms with van der Waals surface area (Å²) in [6.45, 7) is 9.59. The van der Waals surface area contributed by atoms with E-state index >= 15 is 0 Å². The van der Waals surface area contributed by atoms with Gasteiger partial charge in [0.15, 0.2) is 0 Å². The maximum absolute atomic E-state index is 9.36. The number of aliphatic hydroxyl groups excluding tert-OH is 2. The molecule has 0 amide bonds. The van der Waals surface area contributed by atoms with Gasteiger partial charge >= 0.3 is 0 Å². The lowest BCUT2D eigenvalue weighted by Crippen LogP contribution is -2.42. The third-order valence-electron chi connectivity index (χ3n) is 4.09.